The number of carboxylic acids is 1. The van der Waals surface area contributed by atoms with Crippen LogP contribution in [-0.4, -0.2) is 96.7 Å². The number of amides is 4. The van der Waals surface area contributed by atoms with Crippen molar-refractivity contribution in [3.63, 3.8) is 0 Å². The Labute approximate surface area is 315 Å². The minimum atomic E-state index is -1.34. The van der Waals surface area contributed by atoms with E-state index in [9.17, 15) is 24.0 Å². The highest BCUT2D eigenvalue weighted by molar-refractivity contribution is 5.96. The number of hydrogen-bond donors (Lipinski definition) is 7. The van der Waals surface area contributed by atoms with Crippen molar-refractivity contribution in [3.8, 4) is 11.5 Å². The maximum Gasteiger partial charge on any atom is 0.415 e. The maximum absolute atomic E-state index is 14.0. The fraction of sp³-hybridized carbons (Fsp3) is 0.579. The number of aryl methyl sites for hydroxylation is 1. The largest absolute Gasteiger partial charge is 0.493 e. The lowest BCUT2D eigenvalue weighted by Crippen LogP contribution is -2.55. The zero-order valence-electron chi connectivity index (χ0n) is 31.3. The van der Waals surface area contributed by atoms with Crippen LogP contribution in [0.2, 0.25) is 0 Å². The van der Waals surface area contributed by atoms with Crippen molar-refractivity contribution in [2.45, 2.75) is 108 Å². The Morgan fingerprint density at radius 2 is 1.94 bits per heavy atom. The molecule has 1 aromatic carbocycles. The molecule has 0 bridgehead atoms. The van der Waals surface area contributed by atoms with Crippen LogP contribution in [0.3, 0.4) is 0 Å². The van der Waals surface area contributed by atoms with Gasteiger partial charge >= 0.3 is 12.1 Å². The van der Waals surface area contributed by atoms with Gasteiger partial charge in [0.25, 0.3) is 0 Å². The number of carbonyl (C=O) groups excluding carboxylic acids is 4. The van der Waals surface area contributed by atoms with Crippen LogP contribution in [0.15, 0.2) is 36.1 Å². The molecule has 4 amide bonds. The van der Waals surface area contributed by atoms with Gasteiger partial charge in [0.05, 0.1) is 18.6 Å². The molecule has 1 unspecified atom stereocenters. The third-order valence-electron chi connectivity index (χ3n) is 11.0. The number of likely N-dealkylation sites (tertiary alicyclic amines) is 1. The average molecular weight is 752 g/mol. The first-order valence-electron chi connectivity index (χ1n) is 18.7. The normalized spacial score (nSPS) is 23.6. The molecule has 4 aliphatic rings. The summed E-state index contributed by atoms with van der Waals surface area (Å²) < 4.78 is 18.7. The molecule has 0 aromatic heterocycles. The lowest BCUT2D eigenvalue weighted by molar-refractivity contribution is -0.141. The van der Waals surface area contributed by atoms with Crippen LogP contribution in [0.4, 0.5) is 4.79 Å². The highest BCUT2D eigenvalue weighted by Gasteiger charge is 2.62. The number of nitrogens with one attached hydrogen (secondary N) is 5. The number of allylic oxidation sites excluding steroid dienone is 2. The summed E-state index contributed by atoms with van der Waals surface area (Å²) in [6, 6.07) is 1.49. The van der Waals surface area contributed by atoms with E-state index in [1.165, 1.54) is 12.5 Å². The van der Waals surface area contributed by atoms with Crippen molar-refractivity contribution in [3.05, 3.63) is 47.2 Å². The zero-order valence-corrected chi connectivity index (χ0v) is 31.3. The molecule has 2 aliphatic heterocycles. The molecule has 1 saturated heterocycles. The van der Waals surface area contributed by atoms with E-state index < -0.39 is 59.8 Å². The molecular formula is C38H53N7O9. The van der Waals surface area contributed by atoms with E-state index in [4.69, 9.17) is 30.5 Å². The number of nitrogens with two attached hydrogens (primary N) is 1. The van der Waals surface area contributed by atoms with Crippen molar-refractivity contribution < 1.29 is 43.3 Å². The van der Waals surface area contributed by atoms with Crippen LogP contribution in [0.1, 0.15) is 82.8 Å². The van der Waals surface area contributed by atoms with Crippen LogP contribution < -0.4 is 36.5 Å². The van der Waals surface area contributed by atoms with Gasteiger partial charge in [-0.05, 0) is 88.3 Å². The van der Waals surface area contributed by atoms with Crippen molar-refractivity contribution in [2.75, 3.05) is 26.7 Å². The van der Waals surface area contributed by atoms with Crippen molar-refractivity contribution >= 4 is 35.7 Å². The van der Waals surface area contributed by atoms with Crippen molar-refractivity contribution in [1.29, 1.82) is 5.41 Å². The summed E-state index contributed by atoms with van der Waals surface area (Å²) in [6.45, 7) is 8.72. The van der Waals surface area contributed by atoms with Crippen LogP contribution >= 0.6 is 0 Å². The monoisotopic (exact) mass is 751 g/mol. The summed E-state index contributed by atoms with van der Waals surface area (Å²) in [5, 5.41) is 26.7. The first-order chi connectivity index (χ1) is 25.8. The number of carboxylic acid groups (broad SMARTS) is 1. The number of hydrogen-bond acceptors (Lipinski definition) is 9. The Balaban J connectivity index is 1.27. The lowest BCUT2D eigenvalue weighted by atomic mass is 9.63. The third-order valence-corrected chi connectivity index (χ3v) is 11.0. The van der Waals surface area contributed by atoms with E-state index in [2.05, 4.69) is 40.8 Å². The number of guanidine groups is 1. The number of carbonyl (C=O) groups is 5. The van der Waals surface area contributed by atoms with Crippen molar-refractivity contribution in [1.82, 2.24) is 26.2 Å². The average Bonchev–Trinajstić information content (AvgIpc) is 3.67. The number of benzene rings is 1. The van der Waals surface area contributed by atoms with E-state index in [1.807, 2.05) is 12.1 Å². The van der Waals surface area contributed by atoms with E-state index >= 15 is 0 Å². The number of aliphatic carboxylic acids is 1. The van der Waals surface area contributed by atoms with Gasteiger partial charge in [-0.2, -0.15) is 0 Å². The van der Waals surface area contributed by atoms with Gasteiger partial charge in [0.1, 0.15) is 24.3 Å². The fourth-order valence-electron chi connectivity index (χ4n) is 8.40. The SMILES string of the molecule is C=C1CC[C@]23c4c(CC)ccc(OC)c4O[C@@H]2C(OC(=O)N2CCCC[C@H]2CNC(=O)[C@H](CCCNC(=N)N)NC(=O)[C@H](C)NC(=O)CC(=O)O)=CCC13. The van der Waals surface area contributed by atoms with Gasteiger partial charge < -0.3 is 51.2 Å². The topological polar surface area (TPSA) is 234 Å². The van der Waals surface area contributed by atoms with Gasteiger partial charge in [-0.15, -0.1) is 0 Å². The van der Waals surface area contributed by atoms with Crippen LogP contribution in [-0.2, 0) is 35.8 Å². The second-order valence-electron chi connectivity index (χ2n) is 14.4. The number of rotatable bonds is 15. The highest BCUT2D eigenvalue weighted by Crippen LogP contribution is 2.64. The Bertz CT molecular complexity index is 1700. The van der Waals surface area contributed by atoms with E-state index in [1.54, 1.807) is 12.0 Å². The van der Waals surface area contributed by atoms with Crippen LogP contribution in [0.5, 0.6) is 11.5 Å². The predicted molar refractivity (Wildman–Crippen MR) is 198 cm³/mol. The minimum absolute atomic E-state index is 0.101. The van der Waals surface area contributed by atoms with Gasteiger partial charge in [0, 0.05) is 25.2 Å². The molecule has 2 heterocycles. The maximum atomic E-state index is 14.0. The lowest BCUT2D eigenvalue weighted by Gasteiger charge is -2.41. The van der Waals surface area contributed by atoms with E-state index in [-0.39, 0.29) is 37.4 Å². The summed E-state index contributed by atoms with van der Waals surface area (Å²) in [5.41, 5.74) is 8.40. The fourth-order valence-corrected chi connectivity index (χ4v) is 8.40. The molecule has 1 spiro atoms. The Morgan fingerprint density at radius 1 is 1.17 bits per heavy atom. The molecule has 8 N–H and O–H groups in total. The van der Waals surface area contributed by atoms with Crippen molar-refractivity contribution in [2.24, 2.45) is 11.7 Å². The van der Waals surface area contributed by atoms with Gasteiger partial charge in [-0.25, -0.2) is 4.79 Å². The number of methoxy groups -OCH3 is 1. The number of fused-ring (bicyclic) bond motifs is 1. The molecule has 16 heteroatoms. The summed E-state index contributed by atoms with van der Waals surface area (Å²) in [5.74, 6) is -1.67. The molecule has 1 saturated carbocycles. The van der Waals surface area contributed by atoms with Gasteiger partial charge in [0.15, 0.2) is 23.6 Å². The number of nitrogens with zero attached hydrogens (tertiary/aromatic N) is 1. The molecule has 5 rings (SSSR count). The molecule has 6 atom stereocenters. The molecule has 0 radical (unpaired) electrons. The molecular weight excluding hydrogens is 698 g/mol. The summed E-state index contributed by atoms with van der Waals surface area (Å²) in [6.07, 6.45) is 5.98. The van der Waals surface area contributed by atoms with E-state index in [0.717, 1.165) is 43.2 Å². The predicted octanol–water partition coefficient (Wildman–Crippen LogP) is 2.34. The summed E-state index contributed by atoms with van der Waals surface area (Å²) in [7, 11) is 1.62. The van der Waals surface area contributed by atoms with Gasteiger partial charge in [-0.3, -0.25) is 24.6 Å². The Hall–Kier alpha value is -5.28. The van der Waals surface area contributed by atoms with Crippen LogP contribution in [0.25, 0.3) is 0 Å². The first kappa shape index (κ1) is 39.9. The Kier molecular flexibility index (Phi) is 12.7. The second kappa shape index (κ2) is 17.2. The highest BCUT2D eigenvalue weighted by atomic mass is 16.6. The van der Waals surface area contributed by atoms with Gasteiger partial charge in [-0.1, -0.05) is 25.1 Å². The smallest absolute Gasteiger partial charge is 0.415 e. The molecule has 1 aromatic rings. The summed E-state index contributed by atoms with van der Waals surface area (Å²) >= 11 is 0. The zero-order chi connectivity index (χ0) is 39.2. The molecule has 2 fully saturated rings. The second-order valence-corrected chi connectivity index (χ2v) is 14.4. The minimum Gasteiger partial charge on any atom is -0.493 e. The molecule has 294 valence electrons. The molecule has 2 aliphatic carbocycles. The van der Waals surface area contributed by atoms with E-state index in [0.29, 0.717) is 43.1 Å². The van der Waals surface area contributed by atoms with Gasteiger partial charge in [0.2, 0.25) is 17.7 Å². The quantitative estimate of drug-likeness (QED) is 0.0452. The van der Waals surface area contributed by atoms with Crippen LogP contribution in [0, 0.1) is 11.3 Å². The molecule has 16 nitrogen and oxygen atoms in total. The number of piperidine rings is 1. The molecule has 54 heavy (non-hydrogen) atoms. The Morgan fingerprint density at radius 3 is 2.65 bits per heavy atom. The third kappa shape index (κ3) is 8.42. The first-order valence-corrected chi connectivity index (χ1v) is 18.7. The standard InChI is InChI=1S/C38H53N7O9/c1-5-23-11-13-27(52-4)32-31(23)38-16-15-21(2)25(38)12-14-28(33(38)54-32)53-37(51)45-18-7-6-9-24(45)20-42-35(50)26(10-8-17-41-36(39)40)44-34(49)22(3)43-29(46)19-30(47)48/h11,13-14,22,24-26,33H,2,5-10,12,15-20H2,1,3-4H3,(H,42,50)(H,43,46)(H,44,49)(H,47,48)(H4,39,40,41)/t22-,24-,25?,26-,33+,38-/m0/s1. The number of ether oxygens (including phenoxy) is 3. The summed E-state index contributed by atoms with van der Waals surface area (Å²) in [4.78, 5) is 64.9.